The van der Waals surface area contributed by atoms with Crippen molar-refractivity contribution < 1.29 is 23.5 Å². The molecule has 2 aromatic rings. The number of esters is 1. The summed E-state index contributed by atoms with van der Waals surface area (Å²) in [6.45, 7) is 0.192. The molecular weight excluding hydrogens is 329 g/mol. The third kappa shape index (κ3) is 5.91. The normalized spacial score (nSPS) is 11.6. The lowest BCUT2D eigenvalue weighted by Gasteiger charge is -2.15. The smallest absolute Gasteiger partial charge is 0.328 e. The summed E-state index contributed by atoms with van der Waals surface area (Å²) in [7, 11) is 1.26. The quantitative estimate of drug-likeness (QED) is 0.530. The molecular formula is C17H20FN3O4. The SMILES string of the molecule is COC(=O)C(Cc1cnc[nH]1)NC(=O)CCCOc1ccccc1F. The van der Waals surface area contributed by atoms with Gasteiger partial charge in [0.05, 0.1) is 20.0 Å². The molecule has 0 aliphatic carbocycles. The summed E-state index contributed by atoms with van der Waals surface area (Å²) in [5.41, 5.74) is 0.707. The van der Waals surface area contributed by atoms with Gasteiger partial charge in [-0.1, -0.05) is 12.1 Å². The van der Waals surface area contributed by atoms with Gasteiger partial charge < -0.3 is 19.8 Å². The van der Waals surface area contributed by atoms with E-state index < -0.39 is 17.8 Å². The molecule has 0 saturated heterocycles. The van der Waals surface area contributed by atoms with Crippen molar-refractivity contribution >= 4 is 11.9 Å². The monoisotopic (exact) mass is 349 g/mol. The summed E-state index contributed by atoms with van der Waals surface area (Å²) in [6, 6.07) is 5.26. The molecule has 0 fully saturated rings. The average Bonchev–Trinajstić information content (AvgIpc) is 3.12. The first-order valence-electron chi connectivity index (χ1n) is 7.82. The van der Waals surface area contributed by atoms with Crippen molar-refractivity contribution in [1.29, 1.82) is 0 Å². The first-order valence-corrected chi connectivity index (χ1v) is 7.82. The van der Waals surface area contributed by atoms with Crippen molar-refractivity contribution in [3.8, 4) is 5.75 Å². The van der Waals surface area contributed by atoms with Crippen LogP contribution in [0.15, 0.2) is 36.8 Å². The van der Waals surface area contributed by atoms with Gasteiger partial charge >= 0.3 is 5.97 Å². The number of para-hydroxylation sites is 1. The van der Waals surface area contributed by atoms with E-state index in [1.54, 1.807) is 18.3 Å². The maximum atomic E-state index is 13.4. The number of H-pyrrole nitrogens is 1. The van der Waals surface area contributed by atoms with Crippen molar-refractivity contribution in [2.24, 2.45) is 0 Å². The molecule has 1 aromatic heterocycles. The molecule has 0 aliphatic rings. The number of hydrogen-bond acceptors (Lipinski definition) is 5. The minimum Gasteiger partial charge on any atom is -0.491 e. The molecule has 0 radical (unpaired) electrons. The summed E-state index contributed by atoms with van der Waals surface area (Å²) < 4.78 is 23.4. The van der Waals surface area contributed by atoms with Gasteiger partial charge in [-0.2, -0.15) is 0 Å². The first kappa shape index (κ1) is 18.4. The minimum atomic E-state index is -0.801. The molecule has 2 N–H and O–H groups in total. The van der Waals surface area contributed by atoms with Gasteiger partial charge in [-0.15, -0.1) is 0 Å². The van der Waals surface area contributed by atoms with Crippen LogP contribution in [0.5, 0.6) is 5.75 Å². The number of ether oxygens (including phenoxy) is 2. The number of nitrogens with zero attached hydrogens (tertiary/aromatic N) is 1. The maximum Gasteiger partial charge on any atom is 0.328 e. The molecule has 134 valence electrons. The highest BCUT2D eigenvalue weighted by Crippen LogP contribution is 2.15. The van der Waals surface area contributed by atoms with Crippen LogP contribution in [0.2, 0.25) is 0 Å². The maximum absolute atomic E-state index is 13.4. The highest BCUT2D eigenvalue weighted by Gasteiger charge is 2.22. The van der Waals surface area contributed by atoms with E-state index in [0.29, 0.717) is 12.1 Å². The zero-order valence-corrected chi connectivity index (χ0v) is 13.8. The van der Waals surface area contributed by atoms with E-state index >= 15 is 0 Å². The molecule has 2 rings (SSSR count). The fourth-order valence-corrected chi connectivity index (χ4v) is 2.19. The van der Waals surface area contributed by atoms with E-state index in [1.807, 2.05) is 0 Å². The zero-order chi connectivity index (χ0) is 18.1. The number of carbonyl (C=O) groups excluding carboxylic acids is 2. The number of benzene rings is 1. The second-order valence-corrected chi connectivity index (χ2v) is 5.31. The van der Waals surface area contributed by atoms with Gasteiger partial charge in [-0.25, -0.2) is 14.2 Å². The molecule has 0 spiro atoms. The van der Waals surface area contributed by atoms with Crippen molar-refractivity contribution in [1.82, 2.24) is 15.3 Å². The van der Waals surface area contributed by atoms with Gasteiger partial charge in [-0.05, 0) is 18.6 Å². The van der Waals surface area contributed by atoms with E-state index in [-0.39, 0.29) is 31.1 Å². The van der Waals surface area contributed by atoms with Crippen LogP contribution in [0.4, 0.5) is 4.39 Å². The Hall–Kier alpha value is -2.90. The van der Waals surface area contributed by atoms with Gasteiger partial charge in [0.25, 0.3) is 0 Å². The second kappa shape index (κ2) is 9.41. The Balaban J connectivity index is 1.76. The van der Waals surface area contributed by atoms with E-state index in [1.165, 1.54) is 25.6 Å². The molecule has 1 aromatic carbocycles. The highest BCUT2D eigenvalue weighted by atomic mass is 19.1. The molecule has 1 heterocycles. The lowest BCUT2D eigenvalue weighted by molar-refractivity contribution is -0.145. The number of carbonyl (C=O) groups is 2. The van der Waals surface area contributed by atoms with Gasteiger partial charge in [0.2, 0.25) is 5.91 Å². The zero-order valence-electron chi connectivity index (χ0n) is 13.8. The fourth-order valence-electron chi connectivity index (χ4n) is 2.19. The van der Waals surface area contributed by atoms with Crippen molar-refractivity contribution in [2.75, 3.05) is 13.7 Å². The van der Waals surface area contributed by atoms with E-state index in [0.717, 1.165) is 0 Å². The van der Waals surface area contributed by atoms with Crippen molar-refractivity contribution in [3.63, 3.8) is 0 Å². The average molecular weight is 349 g/mol. The number of halogens is 1. The van der Waals surface area contributed by atoms with Crippen LogP contribution in [0.1, 0.15) is 18.5 Å². The Bertz CT molecular complexity index is 691. The minimum absolute atomic E-state index is 0.144. The Morgan fingerprint density at radius 1 is 1.36 bits per heavy atom. The summed E-state index contributed by atoms with van der Waals surface area (Å²) in [6.07, 6.45) is 3.85. The number of nitrogens with one attached hydrogen (secondary N) is 2. The summed E-state index contributed by atoms with van der Waals surface area (Å²) in [4.78, 5) is 30.5. The number of hydrogen-bond donors (Lipinski definition) is 2. The predicted octanol–water partition coefficient (Wildman–Crippen LogP) is 1.61. The Morgan fingerprint density at radius 2 is 2.16 bits per heavy atom. The molecule has 1 atom stereocenters. The van der Waals surface area contributed by atoms with Gasteiger partial charge in [-0.3, -0.25) is 4.79 Å². The largest absolute Gasteiger partial charge is 0.491 e. The molecule has 0 bridgehead atoms. The molecule has 8 heteroatoms. The molecule has 7 nitrogen and oxygen atoms in total. The van der Waals surface area contributed by atoms with Crippen LogP contribution < -0.4 is 10.1 Å². The number of rotatable bonds is 9. The summed E-state index contributed by atoms with van der Waals surface area (Å²) >= 11 is 0. The fraction of sp³-hybridized carbons (Fsp3) is 0.353. The topological polar surface area (TPSA) is 93.3 Å². The molecule has 1 amide bonds. The van der Waals surface area contributed by atoms with Crippen molar-refractivity contribution in [2.45, 2.75) is 25.3 Å². The van der Waals surface area contributed by atoms with Crippen LogP contribution in [-0.2, 0) is 20.7 Å². The summed E-state index contributed by atoms with van der Waals surface area (Å²) in [5, 5.41) is 2.63. The number of methoxy groups -OCH3 is 1. The number of imidazole rings is 1. The number of aromatic amines is 1. The third-order valence-electron chi connectivity index (χ3n) is 3.44. The number of amides is 1. The lowest BCUT2D eigenvalue weighted by atomic mass is 10.1. The van der Waals surface area contributed by atoms with Crippen molar-refractivity contribution in [3.05, 3.63) is 48.3 Å². The Kier molecular flexibility index (Phi) is 6.94. The molecule has 0 saturated carbocycles. The summed E-state index contributed by atoms with van der Waals surface area (Å²) in [5.74, 6) is -1.15. The van der Waals surface area contributed by atoms with Gasteiger partial charge in [0.1, 0.15) is 6.04 Å². The Morgan fingerprint density at radius 3 is 2.84 bits per heavy atom. The predicted molar refractivity (Wildman–Crippen MR) is 87.4 cm³/mol. The van der Waals surface area contributed by atoms with Crippen LogP contribution in [0.25, 0.3) is 0 Å². The van der Waals surface area contributed by atoms with Crippen LogP contribution in [0, 0.1) is 5.82 Å². The van der Waals surface area contributed by atoms with E-state index in [2.05, 4.69) is 15.3 Å². The van der Waals surface area contributed by atoms with Gasteiger partial charge in [0.15, 0.2) is 11.6 Å². The van der Waals surface area contributed by atoms with E-state index in [4.69, 9.17) is 9.47 Å². The molecule has 25 heavy (non-hydrogen) atoms. The van der Waals surface area contributed by atoms with Crippen LogP contribution in [0.3, 0.4) is 0 Å². The lowest BCUT2D eigenvalue weighted by Crippen LogP contribution is -2.43. The van der Waals surface area contributed by atoms with E-state index in [9.17, 15) is 14.0 Å². The first-order chi connectivity index (χ1) is 12.1. The molecule has 0 aliphatic heterocycles. The third-order valence-corrected chi connectivity index (χ3v) is 3.44. The highest BCUT2D eigenvalue weighted by molar-refractivity contribution is 5.84. The van der Waals surface area contributed by atoms with Crippen LogP contribution >= 0.6 is 0 Å². The Labute approximate surface area is 144 Å². The van der Waals surface area contributed by atoms with Gasteiger partial charge in [0, 0.05) is 24.7 Å². The second-order valence-electron chi connectivity index (χ2n) is 5.31. The standard InChI is InChI=1S/C17H20FN3O4/c1-24-17(23)14(9-12-10-19-11-20-12)21-16(22)7-4-8-25-15-6-3-2-5-13(15)18/h2-3,5-6,10-11,14H,4,7-9H2,1H3,(H,19,20)(H,21,22). The number of aromatic nitrogens is 2. The van der Waals surface area contributed by atoms with Crippen LogP contribution in [-0.4, -0.2) is 41.6 Å². The molecule has 1 unspecified atom stereocenters.